The summed E-state index contributed by atoms with van der Waals surface area (Å²) in [6.07, 6.45) is 3.76. The van der Waals surface area contributed by atoms with Crippen molar-refractivity contribution in [1.29, 1.82) is 0 Å². The molecule has 0 spiro atoms. The fraction of sp³-hybridized carbons (Fsp3) is 0.333. The van der Waals surface area contributed by atoms with Gasteiger partial charge in [0.05, 0.1) is 7.11 Å². The summed E-state index contributed by atoms with van der Waals surface area (Å²) in [6, 6.07) is 1.84. The molecule has 1 aromatic rings. The van der Waals surface area contributed by atoms with E-state index in [9.17, 15) is 5.11 Å². The highest BCUT2D eigenvalue weighted by molar-refractivity contribution is 5.64. The van der Waals surface area contributed by atoms with Gasteiger partial charge in [0.25, 0.3) is 0 Å². The van der Waals surface area contributed by atoms with Crippen LogP contribution in [0.5, 0.6) is 11.5 Å². The Hall–Kier alpha value is -1.44. The Labute approximate surface area is 84.8 Å². The van der Waals surface area contributed by atoms with Gasteiger partial charge in [-0.1, -0.05) is 12.2 Å². The van der Waals surface area contributed by atoms with E-state index in [1.807, 2.05) is 39.0 Å². The summed E-state index contributed by atoms with van der Waals surface area (Å²) in [5, 5.41) is 9.82. The van der Waals surface area contributed by atoms with Gasteiger partial charge in [0.2, 0.25) is 0 Å². The highest BCUT2D eigenvalue weighted by Crippen LogP contribution is 2.33. The van der Waals surface area contributed by atoms with E-state index in [0.29, 0.717) is 5.75 Å². The Kier molecular flexibility index (Phi) is 3.18. The number of hydrogen-bond donors (Lipinski definition) is 1. The first kappa shape index (κ1) is 10.6. The molecule has 0 saturated heterocycles. The third-order valence-electron chi connectivity index (χ3n) is 2.41. The Balaban J connectivity index is 3.40. The summed E-state index contributed by atoms with van der Waals surface area (Å²) in [5.41, 5.74) is 2.66. The summed E-state index contributed by atoms with van der Waals surface area (Å²) in [4.78, 5) is 0. The quantitative estimate of drug-likeness (QED) is 0.780. The molecule has 1 aromatic carbocycles. The molecule has 0 saturated carbocycles. The number of benzene rings is 1. The van der Waals surface area contributed by atoms with Crippen molar-refractivity contribution in [3.63, 3.8) is 0 Å². The second kappa shape index (κ2) is 4.18. The van der Waals surface area contributed by atoms with Crippen molar-refractivity contribution in [2.75, 3.05) is 7.11 Å². The Morgan fingerprint density at radius 2 is 1.93 bits per heavy atom. The van der Waals surface area contributed by atoms with Crippen molar-refractivity contribution < 1.29 is 9.84 Å². The van der Waals surface area contributed by atoms with E-state index >= 15 is 0 Å². The number of ether oxygens (including phenoxy) is 1. The first-order valence-corrected chi connectivity index (χ1v) is 4.61. The van der Waals surface area contributed by atoms with Crippen LogP contribution in [-0.4, -0.2) is 12.2 Å². The lowest BCUT2D eigenvalue weighted by molar-refractivity contribution is 0.407. The van der Waals surface area contributed by atoms with Crippen LogP contribution in [0.2, 0.25) is 0 Å². The molecule has 0 amide bonds. The van der Waals surface area contributed by atoms with Crippen LogP contribution in [0.25, 0.3) is 6.08 Å². The fourth-order valence-corrected chi connectivity index (χ4v) is 1.42. The molecule has 2 heteroatoms. The van der Waals surface area contributed by atoms with Gasteiger partial charge in [-0.2, -0.15) is 0 Å². The summed E-state index contributed by atoms with van der Waals surface area (Å²) >= 11 is 0. The van der Waals surface area contributed by atoms with E-state index in [1.54, 1.807) is 7.11 Å². The van der Waals surface area contributed by atoms with E-state index < -0.39 is 0 Å². The van der Waals surface area contributed by atoms with Gasteiger partial charge in [-0.15, -0.1) is 0 Å². The van der Waals surface area contributed by atoms with E-state index in [1.165, 1.54) is 0 Å². The van der Waals surface area contributed by atoms with Crippen molar-refractivity contribution in [1.82, 2.24) is 0 Å². The molecule has 0 heterocycles. The minimum atomic E-state index is 0.335. The number of allylic oxidation sites excluding steroid dienone is 1. The van der Waals surface area contributed by atoms with Gasteiger partial charge in [-0.05, 0) is 38.0 Å². The first-order chi connectivity index (χ1) is 6.61. The molecule has 0 bridgehead atoms. The number of methoxy groups -OCH3 is 1. The normalized spacial score (nSPS) is 10.9. The monoisotopic (exact) mass is 192 g/mol. The zero-order valence-electron chi connectivity index (χ0n) is 9.09. The molecular weight excluding hydrogens is 176 g/mol. The Morgan fingerprint density at radius 3 is 2.43 bits per heavy atom. The Bertz CT molecular complexity index is 365. The highest BCUT2D eigenvalue weighted by Gasteiger charge is 2.09. The number of rotatable bonds is 2. The van der Waals surface area contributed by atoms with Gasteiger partial charge >= 0.3 is 0 Å². The van der Waals surface area contributed by atoms with Gasteiger partial charge < -0.3 is 9.84 Å². The summed E-state index contributed by atoms with van der Waals surface area (Å²) in [6.45, 7) is 5.74. The van der Waals surface area contributed by atoms with Crippen LogP contribution < -0.4 is 4.74 Å². The molecule has 0 unspecified atom stereocenters. The van der Waals surface area contributed by atoms with Crippen LogP contribution in [0.4, 0.5) is 0 Å². The smallest absolute Gasteiger partial charge is 0.126 e. The number of phenolic OH excluding ortho intramolecular Hbond substituents is 1. The van der Waals surface area contributed by atoms with E-state index in [-0.39, 0.29) is 0 Å². The summed E-state index contributed by atoms with van der Waals surface area (Å²) < 4.78 is 5.22. The number of aromatic hydroxyl groups is 1. The maximum atomic E-state index is 9.82. The molecule has 0 atom stereocenters. The van der Waals surface area contributed by atoms with Crippen LogP contribution in [0, 0.1) is 13.8 Å². The molecular formula is C12H16O2. The van der Waals surface area contributed by atoms with Crippen molar-refractivity contribution in [2.24, 2.45) is 0 Å². The lowest BCUT2D eigenvalue weighted by Crippen LogP contribution is -1.92. The molecule has 76 valence electrons. The number of hydrogen-bond acceptors (Lipinski definition) is 2. The molecule has 0 fully saturated rings. The second-order valence-corrected chi connectivity index (χ2v) is 3.27. The van der Waals surface area contributed by atoms with Crippen LogP contribution >= 0.6 is 0 Å². The van der Waals surface area contributed by atoms with E-state index in [0.717, 1.165) is 22.4 Å². The second-order valence-electron chi connectivity index (χ2n) is 3.27. The van der Waals surface area contributed by atoms with Crippen LogP contribution in [0.1, 0.15) is 23.6 Å². The molecule has 1 rings (SSSR count). The highest BCUT2D eigenvalue weighted by atomic mass is 16.5. The molecule has 2 nitrogen and oxygen atoms in total. The lowest BCUT2D eigenvalue weighted by atomic mass is 10.0. The van der Waals surface area contributed by atoms with Gasteiger partial charge in [-0.3, -0.25) is 0 Å². The minimum Gasteiger partial charge on any atom is -0.507 e. The Morgan fingerprint density at radius 1 is 1.29 bits per heavy atom. The van der Waals surface area contributed by atoms with Crippen LogP contribution in [-0.2, 0) is 0 Å². The largest absolute Gasteiger partial charge is 0.507 e. The van der Waals surface area contributed by atoms with Crippen molar-refractivity contribution in [2.45, 2.75) is 20.8 Å². The fourth-order valence-electron chi connectivity index (χ4n) is 1.42. The molecule has 1 N–H and O–H groups in total. The van der Waals surface area contributed by atoms with Gasteiger partial charge in [-0.25, -0.2) is 0 Å². The number of phenols is 1. The average Bonchev–Trinajstić information content (AvgIpc) is 2.19. The third-order valence-corrected chi connectivity index (χ3v) is 2.41. The lowest BCUT2D eigenvalue weighted by Gasteiger charge is -2.11. The summed E-state index contributed by atoms with van der Waals surface area (Å²) in [7, 11) is 1.64. The van der Waals surface area contributed by atoms with Gasteiger partial charge in [0.1, 0.15) is 11.5 Å². The van der Waals surface area contributed by atoms with Crippen molar-refractivity contribution in [3.8, 4) is 11.5 Å². The topological polar surface area (TPSA) is 29.5 Å². The maximum Gasteiger partial charge on any atom is 0.126 e. The molecule has 0 aliphatic heterocycles. The van der Waals surface area contributed by atoms with E-state index in [2.05, 4.69) is 0 Å². The van der Waals surface area contributed by atoms with Crippen molar-refractivity contribution >= 4 is 6.08 Å². The molecule has 14 heavy (non-hydrogen) atoms. The van der Waals surface area contributed by atoms with Gasteiger partial charge in [0.15, 0.2) is 0 Å². The zero-order valence-corrected chi connectivity index (χ0v) is 9.09. The standard InChI is InChI=1S/C12H16O2/c1-5-6-10-7-11(14-4)8(2)9(3)12(10)13/h5-7,13H,1-4H3/b6-5+. The van der Waals surface area contributed by atoms with Crippen LogP contribution in [0.15, 0.2) is 12.1 Å². The molecule has 0 aliphatic carbocycles. The molecule has 0 aromatic heterocycles. The molecule has 0 aliphatic rings. The van der Waals surface area contributed by atoms with Crippen LogP contribution in [0.3, 0.4) is 0 Å². The predicted molar refractivity (Wildman–Crippen MR) is 58.8 cm³/mol. The SMILES string of the molecule is C/C=C/c1cc(OC)c(C)c(C)c1O. The third kappa shape index (κ3) is 1.74. The molecule has 0 radical (unpaired) electrons. The predicted octanol–water partition coefficient (Wildman–Crippen LogP) is 3.05. The minimum absolute atomic E-state index is 0.335. The van der Waals surface area contributed by atoms with Crippen molar-refractivity contribution in [3.05, 3.63) is 28.8 Å². The van der Waals surface area contributed by atoms with E-state index in [4.69, 9.17) is 4.74 Å². The average molecular weight is 192 g/mol. The maximum absolute atomic E-state index is 9.82. The van der Waals surface area contributed by atoms with Gasteiger partial charge in [0, 0.05) is 5.56 Å². The first-order valence-electron chi connectivity index (χ1n) is 4.61. The zero-order chi connectivity index (χ0) is 10.7. The summed E-state index contributed by atoms with van der Waals surface area (Å²) in [5.74, 6) is 1.15.